The monoisotopic (exact) mass is 293 g/mol. The van der Waals surface area contributed by atoms with Crippen LogP contribution in [-0.4, -0.2) is 46.6 Å². The lowest BCUT2D eigenvalue weighted by atomic mass is 9.87. The van der Waals surface area contributed by atoms with Crippen molar-refractivity contribution in [3.8, 4) is 5.75 Å². The van der Waals surface area contributed by atoms with Crippen LogP contribution < -0.4 is 11.1 Å². The minimum atomic E-state index is -0.614. The van der Waals surface area contributed by atoms with E-state index in [4.69, 9.17) is 18.0 Å². The zero-order chi connectivity index (χ0) is 14.8. The third kappa shape index (κ3) is 3.08. The fourth-order valence-electron chi connectivity index (χ4n) is 2.34. The molecule has 0 bridgehead atoms. The lowest BCUT2D eigenvalue weighted by Crippen LogP contribution is -2.61. The number of piperidine rings is 1. The molecule has 0 saturated carbocycles. The van der Waals surface area contributed by atoms with Gasteiger partial charge >= 0.3 is 0 Å². The summed E-state index contributed by atoms with van der Waals surface area (Å²) in [5, 5.41) is 12.2. The van der Waals surface area contributed by atoms with Crippen molar-refractivity contribution < 1.29 is 9.90 Å². The minimum Gasteiger partial charge on any atom is -0.508 e. The highest BCUT2D eigenvalue weighted by molar-refractivity contribution is 7.80. The lowest BCUT2D eigenvalue weighted by molar-refractivity contribution is 0.0890. The SMILES string of the molecule is CN1CCC(NC(=O)c2ccc(O)cc2)(C(N)=S)CC1. The zero-order valence-electron chi connectivity index (χ0n) is 11.4. The third-order valence-corrected chi connectivity index (χ3v) is 4.19. The van der Waals surface area contributed by atoms with Gasteiger partial charge in [0, 0.05) is 18.7 Å². The van der Waals surface area contributed by atoms with E-state index in [9.17, 15) is 9.90 Å². The van der Waals surface area contributed by atoms with E-state index in [2.05, 4.69) is 10.2 Å². The Morgan fingerprint density at radius 2 is 1.90 bits per heavy atom. The van der Waals surface area contributed by atoms with Gasteiger partial charge < -0.3 is 21.1 Å². The molecule has 0 aromatic heterocycles. The van der Waals surface area contributed by atoms with Gasteiger partial charge in [-0.1, -0.05) is 12.2 Å². The molecule has 0 radical (unpaired) electrons. The van der Waals surface area contributed by atoms with E-state index >= 15 is 0 Å². The van der Waals surface area contributed by atoms with Crippen molar-refractivity contribution >= 4 is 23.1 Å². The van der Waals surface area contributed by atoms with Crippen LogP contribution in [0.1, 0.15) is 23.2 Å². The second-order valence-electron chi connectivity index (χ2n) is 5.25. The summed E-state index contributed by atoms with van der Waals surface area (Å²) in [5.74, 6) is -0.0905. The normalized spacial score (nSPS) is 18.4. The second kappa shape index (κ2) is 5.76. The Bertz CT molecular complexity index is 508. The average Bonchev–Trinajstić information content (AvgIpc) is 2.42. The van der Waals surface area contributed by atoms with Gasteiger partial charge in [0.25, 0.3) is 5.91 Å². The van der Waals surface area contributed by atoms with Crippen molar-refractivity contribution in [3.05, 3.63) is 29.8 Å². The van der Waals surface area contributed by atoms with Crippen molar-refractivity contribution in [2.24, 2.45) is 5.73 Å². The number of rotatable bonds is 3. The van der Waals surface area contributed by atoms with Gasteiger partial charge in [0.05, 0.1) is 10.5 Å². The molecule has 4 N–H and O–H groups in total. The maximum absolute atomic E-state index is 12.3. The van der Waals surface area contributed by atoms with Gasteiger partial charge in [-0.25, -0.2) is 0 Å². The molecule has 20 heavy (non-hydrogen) atoms. The molecule has 0 spiro atoms. The van der Waals surface area contributed by atoms with Crippen molar-refractivity contribution in [2.75, 3.05) is 20.1 Å². The Morgan fingerprint density at radius 1 is 1.35 bits per heavy atom. The molecule has 1 aliphatic rings. The first-order chi connectivity index (χ1) is 9.43. The molecule has 0 aliphatic carbocycles. The number of nitrogens with zero attached hydrogens (tertiary/aromatic N) is 1. The zero-order valence-corrected chi connectivity index (χ0v) is 12.2. The number of carbonyl (C=O) groups is 1. The van der Waals surface area contributed by atoms with Crippen molar-refractivity contribution in [1.82, 2.24) is 10.2 Å². The van der Waals surface area contributed by atoms with E-state index < -0.39 is 5.54 Å². The number of hydrogen-bond donors (Lipinski definition) is 3. The molecule has 1 fully saturated rings. The van der Waals surface area contributed by atoms with Crippen LogP contribution in [0.4, 0.5) is 0 Å². The first kappa shape index (κ1) is 14.7. The summed E-state index contributed by atoms with van der Waals surface area (Å²) < 4.78 is 0. The first-order valence-electron chi connectivity index (χ1n) is 6.53. The number of aromatic hydroxyl groups is 1. The summed E-state index contributed by atoms with van der Waals surface area (Å²) in [4.78, 5) is 14.8. The van der Waals surface area contributed by atoms with E-state index in [1.807, 2.05) is 7.05 Å². The second-order valence-corrected chi connectivity index (χ2v) is 5.69. The average molecular weight is 293 g/mol. The summed E-state index contributed by atoms with van der Waals surface area (Å²) in [6.07, 6.45) is 1.42. The Hall–Kier alpha value is -1.66. The molecule has 0 unspecified atom stereocenters. The molecule has 108 valence electrons. The number of carbonyl (C=O) groups excluding carboxylic acids is 1. The van der Waals surface area contributed by atoms with Gasteiger partial charge in [-0.3, -0.25) is 4.79 Å². The van der Waals surface area contributed by atoms with Crippen LogP contribution in [0.2, 0.25) is 0 Å². The number of phenolic OH excluding ortho intramolecular Hbond substituents is 1. The Balaban J connectivity index is 2.14. The summed E-state index contributed by atoms with van der Waals surface area (Å²) in [7, 11) is 2.03. The summed E-state index contributed by atoms with van der Waals surface area (Å²) in [6, 6.07) is 6.12. The fourth-order valence-corrected chi connectivity index (χ4v) is 2.59. The van der Waals surface area contributed by atoms with Gasteiger partial charge in [0.15, 0.2) is 0 Å². The Kier molecular flexibility index (Phi) is 4.25. The van der Waals surface area contributed by atoms with Gasteiger partial charge in [-0.2, -0.15) is 0 Å². The van der Waals surface area contributed by atoms with Gasteiger partial charge in [-0.15, -0.1) is 0 Å². The molecule has 1 amide bonds. The van der Waals surface area contributed by atoms with Crippen LogP contribution in [0.5, 0.6) is 5.75 Å². The molecular formula is C14H19N3O2S. The van der Waals surface area contributed by atoms with E-state index in [0.717, 1.165) is 13.1 Å². The number of likely N-dealkylation sites (tertiary alicyclic amines) is 1. The number of hydrogen-bond acceptors (Lipinski definition) is 4. The molecule has 1 aromatic rings. The molecule has 1 aliphatic heterocycles. The topological polar surface area (TPSA) is 78.6 Å². The number of amides is 1. The first-order valence-corrected chi connectivity index (χ1v) is 6.94. The van der Waals surface area contributed by atoms with E-state index in [1.54, 1.807) is 12.1 Å². The van der Waals surface area contributed by atoms with E-state index in [0.29, 0.717) is 23.4 Å². The largest absolute Gasteiger partial charge is 0.508 e. The number of phenols is 1. The maximum atomic E-state index is 12.3. The predicted octanol–water partition coefficient (Wildman–Crippen LogP) is 0.872. The number of nitrogens with two attached hydrogens (primary N) is 1. The molecule has 1 saturated heterocycles. The third-order valence-electron chi connectivity index (χ3n) is 3.79. The predicted molar refractivity (Wildman–Crippen MR) is 81.8 cm³/mol. The molecule has 2 rings (SSSR count). The van der Waals surface area contributed by atoms with Gasteiger partial charge in [-0.05, 0) is 44.2 Å². The van der Waals surface area contributed by atoms with E-state index in [1.165, 1.54) is 12.1 Å². The molecule has 1 heterocycles. The van der Waals surface area contributed by atoms with Crippen LogP contribution in [0.25, 0.3) is 0 Å². The summed E-state index contributed by atoms with van der Waals surface area (Å²) in [5.41, 5.74) is 5.73. The molecule has 1 aromatic carbocycles. The quantitative estimate of drug-likeness (QED) is 0.721. The fraction of sp³-hybridized carbons (Fsp3) is 0.429. The Labute approximate surface area is 123 Å². The van der Waals surface area contributed by atoms with Gasteiger partial charge in [0.1, 0.15) is 5.75 Å². The van der Waals surface area contributed by atoms with Crippen LogP contribution in [0.3, 0.4) is 0 Å². The van der Waals surface area contributed by atoms with Crippen molar-refractivity contribution in [2.45, 2.75) is 18.4 Å². The smallest absolute Gasteiger partial charge is 0.252 e. The van der Waals surface area contributed by atoms with Crippen molar-refractivity contribution in [1.29, 1.82) is 0 Å². The number of nitrogens with one attached hydrogen (secondary N) is 1. The lowest BCUT2D eigenvalue weighted by Gasteiger charge is -2.40. The number of thiocarbonyl (C=S) groups is 1. The molecule has 6 heteroatoms. The van der Waals surface area contributed by atoms with Crippen LogP contribution in [0.15, 0.2) is 24.3 Å². The molecule has 0 atom stereocenters. The standard InChI is InChI=1S/C14H19N3O2S/c1-17-8-6-14(7-9-17,13(15)20)16-12(19)10-2-4-11(18)5-3-10/h2-5,18H,6-9H2,1H3,(H2,15,20)(H,16,19). The van der Waals surface area contributed by atoms with Crippen LogP contribution in [-0.2, 0) is 0 Å². The minimum absolute atomic E-state index is 0.130. The van der Waals surface area contributed by atoms with Gasteiger partial charge in [0.2, 0.25) is 0 Å². The molecule has 5 nitrogen and oxygen atoms in total. The van der Waals surface area contributed by atoms with Crippen molar-refractivity contribution in [3.63, 3.8) is 0 Å². The van der Waals surface area contributed by atoms with Crippen LogP contribution in [0, 0.1) is 0 Å². The summed E-state index contributed by atoms with van der Waals surface area (Å²) >= 11 is 5.16. The Morgan fingerprint density at radius 3 is 2.40 bits per heavy atom. The highest BCUT2D eigenvalue weighted by Gasteiger charge is 2.38. The highest BCUT2D eigenvalue weighted by atomic mass is 32.1. The van der Waals surface area contributed by atoms with E-state index in [-0.39, 0.29) is 11.7 Å². The summed E-state index contributed by atoms with van der Waals surface area (Å²) in [6.45, 7) is 1.68. The highest BCUT2D eigenvalue weighted by Crippen LogP contribution is 2.23. The molecular weight excluding hydrogens is 274 g/mol. The van der Waals surface area contributed by atoms with Crippen LogP contribution >= 0.6 is 12.2 Å². The maximum Gasteiger partial charge on any atom is 0.252 e. The number of benzene rings is 1.